The van der Waals surface area contributed by atoms with Crippen molar-refractivity contribution < 1.29 is 0 Å². The predicted octanol–water partition coefficient (Wildman–Crippen LogP) is 2.73. The summed E-state index contributed by atoms with van der Waals surface area (Å²) in [7, 11) is 0. The Morgan fingerprint density at radius 1 is 1.05 bits per heavy atom. The van der Waals surface area contributed by atoms with Crippen LogP contribution in [0.1, 0.15) is 5.56 Å². The molecule has 0 radical (unpaired) electrons. The highest BCUT2D eigenvalue weighted by Crippen LogP contribution is 2.27. The number of hydrogen-bond donors (Lipinski definition) is 1. The van der Waals surface area contributed by atoms with E-state index in [-0.39, 0.29) is 0 Å². The van der Waals surface area contributed by atoms with Gasteiger partial charge in [-0.2, -0.15) is 0 Å². The number of nitrogens with two attached hydrogens (primary N) is 1. The maximum absolute atomic E-state index is 5.59. The van der Waals surface area contributed by atoms with Crippen LogP contribution in [0, 0.1) is 0 Å². The molecule has 0 saturated heterocycles. The van der Waals surface area contributed by atoms with Crippen LogP contribution in [-0.2, 0) is 6.54 Å². The highest BCUT2D eigenvalue weighted by molar-refractivity contribution is 7.13. The fourth-order valence-electron chi connectivity index (χ4n) is 1.74. The van der Waals surface area contributed by atoms with Crippen molar-refractivity contribution in [3.8, 4) is 22.0 Å². The quantitative estimate of drug-likeness (QED) is 0.793. The minimum Gasteiger partial charge on any atom is -0.326 e. The first kappa shape index (κ1) is 12.0. The Bertz CT molecular complexity index is 661. The first-order chi connectivity index (χ1) is 9.36. The summed E-state index contributed by atoms with van der Waals surface area (Å²) in [5.41, 5.74) is 9.46. The van der Waals surface area contributed by atoms with Crippen molar-refractivity contribution in [1.29, 1.82) is 0 Å². The molecule has 0 fully saturated rings. The summed E-state index contributed by atoms with van der Waals surface area (Å²) in [6, 6.07) is 8.14. The average molecular weight is 268 g/mol. The second-order valence-corrected chi connectivity index (χ2v) is 4.89. The van der Waals surface area contributed by atoms with Crippen LogP contribution in [0.15, 0.2) is 48.2 Å². The monoisotopic (exact) mass is 268 g/mol. The lowest BCUT2D eigenvalue weighted by Crippen LogP contribution is -1.95. The molecule has 1 aromatic carbocycles. The van der Waals surface area contributed by atoms with Gasteiger partial charge in [0.2, 0.25) is 0 Å². The van der Waals surface area contributed by atoms with E-state index in [1.54, 1.807) is 29.9 Å². The van der Waals surface area contributed by atoms with Crippen molar-refractivity contribution in [2.45, 2.75) is 6.54 Å². The molecule has 0 unspecified atom stereocenters. The van der Waals surface area contributed by atoms with Gasteiger partial charge in [0.15, 0.2) is 0 Å². The third-order valence-electron chi connectivity index (χ3n) is 2.77. The molecule has 19 heavy (non-hydrogen) atoms. The van der Waals surface area contributed by atoms with E-state index in [4.69, 9.17) is 5.73 Å². The third kappa shape index (κ3) is 2.52. The van der Waals surface area contributed by atoms with Gasteiger partial charge >= 0.3 is 0 Å². The minimum atomic E-state index is 0.559. The second kappa shape index (κ2) is 5.26. The van der Waals surface area contributed by atoms with Crippen molar-refractivity contribution in [3.05, 3.63) is 53.8 Å². The smallest absolute Gasteiger partial charge is 0.124 e. The maximum atomic E-state index is 5.59. The molecule has 2 N–H and O–H groups in total. The standard InChI is InChI=1S/C14H12N4S/c15-7-10-1-3-11(4-2-10)14-18-13(9-19-14)12-8-16-5-6-17-12/h1-6,8-9H,7,15H2. The Hall–Kier alpha value is -2.11. The van der Waals surface area contributed by atoms with E-state index < -0.39 is 0 Å². The van der Waals surface area contributed by atoms with Crippen LogP contribution in [0.2, 0.25) is 0 Å². The summed E-state index contributed by atoms with van der Waals surface area (Å²) in [4.78, 5) is 12.9. The Kier molecular flexibility index (Phi) is 3.31. The van der Waals surface area contributed by atoms with E-state index in [0.29, 0.717) is 6.54 Å². The summed E-state index contributed by atoms with van der Waals surface area (Å²) < 4.78 is 0. The molecule has 0 saturated carbocycles. The van der Waals surface area contributed by atoms with Gasteiger partial charge in [-0.3, -0.25) is 9.97 Å². The van der Waals surface area contributed by atoms with Crippen LogP contribution >= 0.6 is 11.3 Å². The molecule has 5 heteroatoms. The zero-order chi connectivity index (χ0) is 13.1. The van der Waals surface area contributed by atoms with Crippen molar-refractivity contribution in [2.24, 2.45) is 5.73 Å². The van der Waals surface area contributed by atoms with Gasteiger partial charge in [-0.25, -0.2) is 4.98 Å². The molecule has 0 spiro atoms. The average Bonchev–Trinajstić information content (AvgIpc) is 2.98. The van der Waals surface area contributed by atoms with Gasteiger partial charge in [0, 0.05) is 29.9 Å². The summed E-state index contributed by atoms with van der Waals surface area (Å²) >= 11 is 1.60. The molecule has 0 aliphatic heterocycles. The zero-order valence-corrected chi connectivity index (χ0v) is 11.0. The lowest BCUT2D eigenvalue weighted by molar-refractivity contribution is 1.07. The van der Waals surface area contributed by atoms with E-state index in [2.05, 4.69) is 15.0 Å². The van der Waals surface area contributed by atoms with Gasteiger partial charge in [-0.05, 0) is 5.56 Å². The molecule has 2 aromatic heterocycles. The molecule has 2 heterocycles. The molecule has 3 rings (SSSR count). The topological polar surface area (TPSA) is 64.7 Å². The Balaban J connectivity index is 1.92. The Morgan fingerprint density at radius 3 is 2.58 bits per heavy atom. The van der Waals surface area contributed by atoms with E-state index in [9.17, 15) is 0 Å². The maximum Gasteiger partial charge on any atom is 0.124 e. The van der Waals surface area contributed by atoms with Gasteiger partial charge < -0.3 is 5.73 Å². The fraction of sp³-hybridized carbons (Fsp3) is 0.0714. The van der Waals surface area contributed by atoms with Crippen LogP contribution < -0.4 is 5.73 Å². The first-order valence-electron chi connectivity index (χ1n) is 5.88. The first-order valence-corrected chi connectivity index (χ1v) is 6.76. The number of aromatic nitrogens is 3. The van der Waals surface area contributed by atoms with Gasteiger partial charge in [0.1, 0.15) is 16.4 Å². The summed E-state index contributed by atoms with van der Waals surface area (Å²) in [5, 5.41) is 2.97. The Morgan fingerprint density at radius 2 is 1.89 bits per heavy atom. The van der Waals surface area contributed by atoms with Crippen LogP contribution in [0.5, 0.6) is 0 Å². The molecule has 94 valence electrons. The fourth-order valence-corrected chi connectivity index (χ4v) is 2.56. The number of hydrogen-bond acceptors (Lipinski definition) is 5. The van der Waals surface area contributed by atoms with Crippen LogP contribution in [0.25, 0.3) is 22.0 Å². The minimum absolute atomic E-state index is 0.559. The number of nitrogens with zero attached hydrogens (tertiary/aromatic N) is 3. The predicted molar refractivity (Wildman–Crippen MR) is 76.5 cm³/mol. The SMILES string of the molecule is NCc1ccc(-c2nc(-c3cnccn3)cs2)cc1. The van der Waals surface area contributed by atoms with E-state index in [0.717, 1.165) is 27.5 Å². The van der Waals surface area contributed by atoms with Gasteiger partial charge in [-0.15, -0.1) is 11.3 Å². The highest BCUT2D eigenvalue weighted by Gasteiger charge is 2.07. The number of thiazole rings is 1. The van der Waals surface area contributed by atoms with Gasteiger partial charge in [-0.1, -0.05) is 24.3 Å². The van der Waals surface area contributed by atoms with Crippen molar-refractivity contribution in [1.82, 2.24) is 15.0 Å². The lowest BCUT2D eigenvalue weighted by Gasteiger charge is -1.99. The molecular formula is C14H12N4S. The van der Waals surface area contributed by atoms with Crippen molar-refractivity contribution >= 4 is 11.3 Å². The van der Waals surface area contributed by atoms with Gasteiger partial charge in [0.05, 0.1) is 6.20 Å². The summed E-state index contributed by atoms with van der Waals surface area (Å²) in [6.07, 6.45) is 5.04. The largest absolute Gasteiger partial charge is 0.326 e. The molecular weight excluding hydrogens is 256 g/mol. The summed E-state index contributed by atoms with van der Waals surface area (Å²) in [6.45, 7) is 0.559. The Labute approximate surface area is 115 Å². The van der Waals surface area contributed by atoms with Crippen LogP contribution in [0.3, 0.4) is 0 Å². The normalized spacial score (nSPS) is 10.6. The molecule has 0 aliphatic carbocycles. The van der Waals surface area contributed by atoms with Gasteiger partial charge in [0.25, 0.3) is 0 Å². The summed E-state index contributed by atoms with van der Waals surface area (Å²) in [5.74, 6) is 0. The van der Waals surface area contributed by atoms with Crippen LogP contribution in [-0.4, -0.2) is 15.0 Å². The van der Waals surface area contributed by atoms with E-state index >= 15 is 0 Å². The van der Waals surface area contributed by atoms with E-state index in [1.807, 2.05) is 29.6 Å². The number of rotatable bonds is 3. The molecule has 0 aliphatic rings. The second-order valence-electron chi connectivity index (χ2n) is 4.03. The number of benzene rings is 1. The zero-order valence-electron chi connectivity index (χ0n) is 10.2. The van der Waals surface area contributed by atoms with Crippen molar-refractivity contribution in [3.63, 3.8) is 0 Å². The third-order valence-corrected chi connectivity index (χ3v) is 3.66. The molecule has 0 bridgehead atoms. The highest BCUT2D eigenvalue weighted by atomic mass is 32.1. The van der Waals surface area contributed by atoms with Crippen molar-refractivity contribution in [2.75, 3.05) is 0 Å². The van der Waals surface area contributed by atoms with E-state index in [1.165, 1.54) is 0 Å². The molecule has 3 aromatic rings. The molecule has 0 amide bonds. The molecule has 0 atom stereocenters. The van der Waals surface area contributed by atoms with Crippen LogP contribution in [0.4, 0.5) is 0 Å². The molecule has 4 nitrogen and oxygen atoms in total. The lowest BCUT2D eigenvalue weighted by atomic mass is 10.1.